The van der Waals surface area contributed by atoms with Crippen LogP contribution in [0.2, 0.25) is 0 Å². The van der Waals surface area contributed by atoms with Crippen molar-refractivity contribution in [3.05, 3.63) is 30.1 Å². The predicted octanol–water partition coefficient (Wildman–Crippen LogP) is 1.93. The van der Waals surface area contributed by atoms with Crippen LogP contribution in [0.15, 0.2) is 24.4 Å². The van der Waals surface area contributed by atoms with Crippen LogP contribution < -0.4 is 5.32 Å². The molecular weight excluding hydrogens is 216 g/mol. The van der Waals surface area contributed by atoms with E-state index in [0.29, 0.717) is 13.2 Å². The van der Waals surface area contributed by atoms with Crippen molar-refractivity contribution in [2.75, 3.05) is 13.2 Å². The van der Waals surface area contributed by atoms with Crippen molar-refractivity contribution in [2.45, 2.75) is 26.8 Å². The number of rotatable bonds is 6. The molecule has 1 aromatic heterocycles. The van der Waals surface area contributed by atoms with E-state index in [4.69, 9.17) is 4.74 Å². The molecule has 94 valence electrons. The van der Waals surface area contributed by atoms with E-state index >= 15 is 0 Å². The van der Waals surface area contributed by atoms with Crippen molar-refractivity contribution >= 4 is 5.97 Å². The summed E-state index contributed by atoms with van der Waals surface area (Å²) in [5, 5.41) is 3.27. The monoisotopic (exact) mass is 236 g/mol. The Morgan fingerprint density at radius 1 is 1.47 bits per heavy atom. The van der Waals surface area contributed by atoms with Crippen LogP contribution in [0.25, 0.3) is 0 Å². The van der Waals surface area contributed by atoms with E-state index in [1.165, 1.54) is 0 Å². The number of hydrogen-bond acceptors (Lipinski definition) is 4. The molecule has 1 aromatic rings. The van der Waals surface area contributed by atoms with Crippen LogP contribution in [0, 0.1) is 5.92 Å². The Hall–Kier alpha value is -1.42. The number of carbonyl (C=O) groups is 1. The van der Waals surface area contributed by atoms with Crippen molar-refractivity contribution in [1.29, 1.82) is 0 Å². The molecule has 4 heteroatoms. The fourth-order valence-electron chi connectivity index (χ4n) is 1.46. The van der Waals surface area contributed by atoms with Crippen LogP contribution in [0.5, 0.6) is 0 Å². The highest BCUT2D eigenvalue weighted by atomic mass is 16.5. The van der Waals surface area contributed by atoms with Crippen LogP contribution in [0.1, 0.15) is 32.5 Å². The molecule has 2 atom stereocenters. The summed E-state index contributed by atoms with van der Waals surface area (Å²) in [6.45, 7) is 6.72. The zero-order chi connectivity index (χ0) is 12.7. The van der Waals surface area contributed by atoms with E-state index in [0.717, 1.165) is 5.69 Å². The Morgan fingerprint density at radius 3 is 2.82 bits per heavy atom. The lowest BCUT2D eigenvalue weighted by molar-refractivity contribution is -0.147. The second-order valence-corrected chi connectivity index (χ2v) is 4.04. The molecule has 0 aliphatic rings. The van der Waals surface area contributed by atoms with Crippen LogP contribution in [0.3, 0.4) is 0 Å². The van der Waals surface area contributed by atoms with Crippen LogP contribution in [-0.2, 0) is 9.53 Å². The lowest BCUT2D eigenvalue weighted by Gasteiger charge is -2.16. The van der Waals surface area contributed by atoms with Gasteiger partial charge in [-0.1, -0.05) is 13.0 Å². The molecule has 1 unspecified atom stereocenters. The second kappa shape index (κ2) is 7.01. The van der Waals surface area contributed by atoms with Gasteiger partial charge < -0.3 is 10.1 Å². The Bertz CT molecular complexity index is 341. The van der Waals surface area contributed by atoms with Crippen molar-refractivity contribution < 1.29 is 9.53 Å². The van der Waals surface area contributed by atoms with Gasteiger partial charge in [0.05, 0.1) is 18.2 Å². The number of ether oxygens (including phenoxy) is 1. The molecule has 0 aliphatic heterocycles. The third-order valence-electron chi connectivity index (χ3n) is 2.55. The van der Waals surface area contributed by atoms with Crippen molar-refractivity contribution in [2.24, 2.45) is 5.92 Å². The number of nitrogens with zero attached hydrogens (tertiary/aromatic N) is 1. The molecule has 0 amide bonds. The summed E-state index contributed by atoms with van der Waals surface area (Å²) >= 11 is 0. The zero-order valence-electron chi connectivity index (χ0n) is 10.6. The molecule has 17 heavy (non-hydrogen) atoms. The molecule has 0 fully saturated rings. The minimum Gasteiger partial charge on any atom is -0.466 e. The molecule has 0 bridgehead atoms. The quantitative estimate of drug-likeness (QED) is 0.767. The Morgan fingerprint density at radius 2 is 2.24 bits per heavy atom. The maximum atomic E-state index is 11.4. The number of aromatic nitrogens is 1. The third-order valence-corrected chi connectivity index (χ3v) is 2.55. The minimum absolute atomic E-state index is 0.132. The molecule has 0 saturated carbocycles. The lowest BCUT2D eigenvalue weighted by atomic mass is 10.1. The van der Waals surface area contributed by atoms with Crippen molar-refractivity contribution in [3.8, 4) is 0 Å². The largest absolute Gasteiger partial charge is 0.466 e. The van der Waals surface area contributed by atoms with Gasteiger partial charge in [0.2, 0.25) is 0 Å². The fraction of sp³-hybridized carbons (Fsp3) is 0.538. The number of esters is 1. The van der Waals surface area contributed by atoms with Gasteiger partial charge in [0.1, 0.15) is 0 Å². The lowest BCUT2D eigenvalue weighted by Crippen LogP contribution is -2.30. The van der Waals surface area contributed by atoms with E-state index in [1.807, 2.05) is 39.0 Å². The fourth-order valence-corrected chi connectivity index (χ4v) is 1.46. The first-order chi connectivity index (χ1) is 8.15. The number of pyridine rings is 1. The highest BCUT2D eigenvalue weighted by Gasteiger charge is 2.15. The average molecular weight is 236 g/mol. The molecule has 0 radical (unpaired) electrons. The van der Waals surface area contributed by atoms with Crippen LogP contribution in [0.4, 0.5) is 0 Å². The Balaban J connectivity index is 2.38. The molecule has 1 rings (SSSR count). The second-order valence-electron chi connectivity index (χ2n) is 4.04. The molecular formula is C13H20N2O2. The van der Waals surface area contributed by atoms with Crippen molar-refractivity contribution in [3.63, 3.8) is 0 Å². The minimum atomic E-state index is -0.159. The summed E-state index contributed by atoms with van der Waals surface area (Å²) in [5.74, 6) is -0.297. The number of carbonyl (C=O) groups excluding carboxylic acids is 1. The van der Waals surface area contributed by atoms with Gasteiger partial charge in [-0.2, -0.15) is 0 Å². The number of hydrogen-bond donors (Lipinski definition) is 1. The highest BCUT2D eigenvalue weighted by molar-refractivity contribution is 5.72. The summed E-state index contributed by atoms with van der Waals surface area (Å²) < 4.78 is 4.95. The first kappa shape index (κ1) is 13.6. The van der Waals surface area contributed by atoms with E-state index in [1.54, 1.807) is 6.20 Å². The van der Waals surface area contributed by atoms with Gasteiger partial charge in [-0.05, 0) is 26.0 Å². The third kappa shape index (κ3) is 4.53. The number of nitrogens with one attached hydrogen (secondary N) is 1. The van der Waals surface area contributed by atoms with E-state index in [2.05, 4.69) is 10.3 Å². The predicted molar refractivity (Wildman–Crippen MR) is 66.5 cm³/mol. The highest BCUT2D eigenvalue weighted by Crippen LogP contribution is 2.08. The maximum Gasteiger partial charge on any atom is 0.309 e. The van der Waals surface area contributed by atoms with Gasteiger partial charge in [-0.3, -0.25) is 9.78 Å². The van der Waals surface area contributed by atoms with Gasteiger partial charge >= 0.3 is 5.97 Å². The summed E-state index contributed by atoms with van der Waals surface area (Å²) in [6.07, 6.45) is 1.77. The van der Waals surface area contributed by atoms with Crippen LogP contribution >= 0.6 is 0 Å². The van der Waals surface area contributed by atoms with Gasteiger partial charge in [0.15, 0.2) is 0 Å². The Kier molecular flexibility index (Phi) is 5.63. The maximum absolute atomic E-state index is 11.4. The molecule has 1 N–H and O–H groups in total. The molecule has 0 spiro atoms. The summed E-state index contributed by atoms with van der Waals surface area (Å²) in [4.78, 5) is 15.7. The molecule has 1 heterocycles. The standard InChI is InChI=1S/C13H20N2O2/c1-4-17-13(16)10(2)9-15-11(3)12-7-5-6-8-14-12/h5-8,10-11,15H,4,9H2,1-3H3/t10?,11-/m1/s1. The van der Waals surface area contributed by atoms with E-state index < -0.39 is 0 Å². The average Bonchev–Trinajstić information content (AvgIpc) is 2.36. The van der Waals surface area contributed by atoms with Gasteiger partial charge in [0, 0.05) is 18.8 Å². The normalized spacial score (nSPS) is 14.1. The first-order valence-corrected chi connectivity index (χ1v) is 5.96. The van der Waals surface area contributed by atoms with Gasteiger partial charge in [0.25, 0.3) is 0 Å². The SMILES string of the molecule is CCOC(=O)C(C)CN[C@H](C)c1ccccn1. The molecule has 0 aliphatic carbocycles. The van der Waals surface area contributed by atoms with E-state index in [-0.39, 0.29) is 17.9 Å². The molecule has 0 saturated heterocycles. The van der Waals surface area contributed by atoms with Crippen molar-refractivity contribution in [1.82, 2.24) is 10.3 Å². The Labute approximate surface area is 102 Å². The van der Waals surface area contributed by atoms with E-state index in [9.17, 15) is 4.79 Å². The van der Waals surface area contributed by atoms with Gasteiger partial charge in [-0.15, -0.1) is 0 Å². The summed E-state index contributed by atoms with van der Waals surface area (Å²) in [7, 11) is 0. The smallest absolute Gasteiger partial charge is 0.309 e. The summed E-state index contributed by atoms with van der Waals surface area (Å²) in [6, 6.07) is 5.94. The molecule has 0 aromatic carbocycles. The zero-order valence-corrected chi connectivity index (χ0v) is 10.6. The topological polar surface area (TPSA) is 51.2 Å². The van der Waals surface area contributed by atoms with Gasteiger partial charge in [-0.25, -0.2) is 0 Å². The van der Waals surface area contributed by atoms with Crippen LogP contribution in [-0.4, -0.2) is 24.1 Å². The first-order valence-electron chi connectivity index (χ1n) is 5.96. The molecule has 4 nitrogen and oxygen atoms in total. The summed E-state index contributed by atoms with van der Waals surface area (Å²) in [5.41, 5.74) is 0.976.